The Balaban J connectivity index is 1.63. The van der Waals surface area contributed by atoms with Crippen molar-refractivity contribution in [3.63, 3.8) is 0 Å². The Hall–Kier alpha value is -3.76. The number of carbonyl (C=O) groups excluding carboxylic acids is 3. The minimum atomic E-state index is -4.57. The number of urea groups is 1. The van der Waals surface area contributed by atoms with E-state index in [9.17, 15) is 27.6 Å². The molecule has 0 unspecified atom stereocenters. The van der Waals surface area contributed by atoms with Gasteiger partial charge in [0.05, 0.1) is 43.5 Å². The average Bonchev–Trinajstić information content (AvgIpc) is 3.23. The first kappa shape index (κ1) is 24.0. The lowest BCUT2D eigenvalue weighted by atomic mass is 9.77. The van der Waals surface area contributed by atoms with Crippen molar-refractivity contribution >= 4 is 23.6 Å². The van der Waals surface area contributed by atoms with Gasteiger partial charge in [-0.05, 0) is 50.2 Å². The fourth-order valence-corrected chi connectivity index (χ4v) is 5.62. The molecular weight excluding hydrogens is 481 g/mol. The summed E-state index contributed by atoms with van der Waals surface area (Å²) in [5.41, 5.74) is -1.96. The van der Waals surface area contributed by atoms with E-state index in [1.54, 1.807) is 25.1 Å². The summed E-state index contributed by atoms with van der Waals surface area (Å²) in [4.78, 5) is 43.0. The van der Waals surface area contributed by atoms with Crippen LogP contribution in [0.25, 0.3) is 0 Å². The van der Waals surface area contributed by atoms with Gasteiger partial charge < -0.3 is 19.1 Å². The summed E-state index contributed by atoms with van der Waals surface area (Å²) < 4.78 is 55.7. The molecule has 2 fully saturated rings. The molecule has 0 aliphatic carbocycles. The molecule has 2 aromatic carbocycles. The molecule has 36 heavy (non-hydrogen) atoms. The Morgan fingerprint density at radius 2 is 1.86 bits per heavy atom. The van der Waals surface area contributed by atoms with Gasteiger partial charge in [0.2, 0.25) is 0 Å². The molecule has 0 bridgehead atoms. The van der Waals surface area contributed by atoms with E-state index in [0.29, 0.717) is 17.1 Å². The number of anilines is 1. The number of nitrogens with zero attached hydrogens (tertiary/aromatic N) is 2. The van der Waals surface area contributed by atoms with Gasteiger partial charge in [0.1, 0.15) is 17.0 Å². The van der Waals surface area contributed by atoms with Crippen molar-refractivity contribution in [3.8, 4) is 11.5 Å². The number of halogens is 3. The summed E-state index contributed by atoms with van der Waals surface area (Å²) in [7, 11) is 1.50. The highest BCUT2D eigenvalue weighted by atomic mass is 19.4. The maximum atomic E-state index is 13.8. The predicted octanol–water partition coefficient (Wildman–Crippen LogP) is 4.18. The fraction of sp³-hybridized carbons (Fsp3) is 0.400. The van der Waals surface area contributed by atoms with Gasteiger partial charge in [0.15, 0.2) is 0 Å². The Kier molecular flexibility index (Phi) is 5.42. The van der Waals surface area contributed by atoms with Crippen molar-refractivity contribution < 1.29 is 41.8 Å². The lowest BCUT2D eigenvalue weighted by Crippen LogP contribution is -2.51. The second-order valence-electron chi connectivity index (χ2n) is 9.04. The van der Waals surface area contributed by atoms with Gasteiger partial charge in [-0.3, -0.25) is 9.59 Å². The summed E-state index contributed by atoms with van der Waals surface area (Å²) in [6, 6.07) is 7.41. The van der Waals surface area contributed by atoms with E-state index in [4.69, 9.17) is 14.2 Å². The predicted molar refractivity (Wildman–Crippen MR) is 119 cm³/mol. The minimum absolute atomic E-state index is 0.0187. The van der Waals surface area contributed by atoms with Crippen LogP contribution in [0.1, 0.15) is 31.0 Å². The number of methoxy groups -OCH3 is 1. The van der Waals surface area contributed by atoms with Crippen molar-refractivity contribution in [3.05, 3.63) is 53.6 Å². The van der Waals surface area contributed by atoms with Crippen LogP contribution in [0.4, 0.5) is 23.7 Å². The maximum absolute atomic E-state index is 13.8. The highest BCUT2D eigenvalue weighted by Crippen LogP contribution is 2.58. The summed E-state index contributed by atoms with van der Waals surface area (Å²) in [6.07, 6.45) is -4.57. The minimum Gasteiger partial charge on any atom is -0.497 e. The number of carbonyl (C=O) groups is 3. The van der Waals surface area contributed by atoms with E-state index < -0.39 is 53.1 Å². The van der Waals surface area contributed by atoms with Crippen molar-refractivity contribution in [2.45, 2.75) is 31.6 Å². The zero-order valence-corrected chi connectivity index (χ0v) is 19.7. The molecule has 0 spiro atoms. The number of imide groups is 1. The van der Waals surface area contributed by atoms with E-state index in [1.807, 2.05) is 0 Å². The average molecular weight is 504 g/mol. The molecule has 3 amide bonds. The molecule has 3 heterocycles. The Bertz CT molecular complexity index is 1250. The van der Waals surface area contributed by atoms with E-state index in [2.05, 4.69) is 0 Å². The van der Waals surface area contributed by atoms with Gasteiger partial charge in [0.25, 0.3) is 5.91 Å². The maximum Gasteiger partial charge on any atom is 0.416 e. The van der Waals surface area contributed by atoms with Crippen LogP contribution in [0.2, 0.25) is 0 Å². The smallest absolute Gasteiger partial charge is 0.416 e. The lowest BCUT2D eigenvalue weighted by Gasteiger charge is -2.34. The largest absolute Gasteiger partial charge is 0.497 e. The van der Waals surface area contributed by atoms with Crippen molar-refractivity contribution in [1.29, 1.82) is 0 Å². The van der Waals surface area contributed by atoms with E-state index >= 15 is 0 Å². The lowest BCUT2D eigenvalue weighted by molar-refractivity contribution is -0.154. The molecule has 0 radical (unpaired) electrons. The van der Waals surface area contributed by atoms with E-state index in [1.165, 1.54) is 18.9 Å². The number of amides is 3. The third-order valence-corrected chi connectivity index (χ3v) is 7.22. The first-order valence-corrected chi connectivity index (χ1v) is 11.4. The molecular formula is C25H23F3N2O6. The first-order chi connectivity index (χ1) is 17.0. The second kappa shape index (κ2) is 8.14. The van der Waals surface area contributed by atoms with E-state index in [0.717, 1.165) is 29.2 Å². The van der Waals surface area contributed by atoms with Crippen molar-refractivity contribution in [1.82, 2.24) is 4.90 Å². The van der Waals surface area contributed by atoms with Crippen LogP contribution in [0.5, 0.6) is 11.5 Å². The van der Waals surface area contributed by atoms with Crippen LogP contribution in [-0.4, -0.2) is 48.7 Å². The quantitative estimate of drug-likeness (QED) is 0.459. The number of benzene rings is 2. The highest BCUT2D eigenvalue weighted by molar-refractivity contribution is 6.24. The number of hydrogen-bond acceptors (Lipinski definition) is 6. The number of esters is 1. The molecule has 5 rings (SSSR count). The SMILES string of the molecule is CCOC(=O)[C@@H]1[C@H]2COc3cc(OC)ccc3[C@H]2N2C(=O)N(c3ccc(C(F)(F)F)cc3)C(=O)[C@@]12C. The molecule has 4 atom stereocenters. The Morgan fingerprint density at radius 1 is 1.17 bits per heavy atom. The summed E-state index contributed by atoms with van der Waals surface area (Å²) in [5, 5.41) is 0. The molecule has 2 saturated heterocycles. The molecule has 0 N–H and O–H groups in total. The number of fused-ring (bicyclic) bond motifs is 5. The highest BCUT2D eigenvalue weighted by Gasteiger charge is 2.72. The molecule has 11 heteroatoms. The van der Waals surface area contributed by atoms with Crippen molar-refractivity contribution in [2.75, 3.05) is 25.2 Å². The summed E-state index contributed by atoms with van der Waals surface area (Å²) in [6.45, 7) is 3.27. The molecule has 3 aliphatic heterocycles. The summed E-state index contributed by atoms with van der Waals surface area (Å²) in [5.74, 6) is -1.99. The van der Waals surface area contributed by atoms with Gasteiger partial charge in [-0.15, -0.1) is 0 Å². The van der Waals surface area contributed by atoms with Crippen LogP contribution in [0.15, 0.2) is 42.5 Å². The number of ether oxygens (including phenoxy) is 3. The van der Waals surface area contributed by atoms with Gasteiger partial charge in [-0.1, -0.05) is 0 Å². The van der Waals surface area contributed by atoms with E-state index in [-0.39, 0.29) is 18.9 Å². The van der Waals surface area contributed by atoms with Gasteiger partial charge in [-0.2, -0.15) is 13.2 Å². The topological polar surface area (TPSA) is 85.4 Å². The first-order valence-electron chi connectivity index (χ1n) is 11.4. The van der Waals surface area contributed by atoms with Gasteiger partial charge >= 0.3 is 18.2 Å². The molecule has 190 valence electrons. The van der Waals surface area contributed by atoms with Crippen LogP contribution in [0, 0.1) is 11.8 Å². The van der Waals surface area contributed by atoms with Crippen LogP contribution in [0.3, 0.4) is 0 Å². The third-order valence-electron chi connectivity index (χ3n) is 7.22. The molecule has 3 aliphatic rings. The molecule has 0 saturated carbocycles. The van der Waals surface area contributed by atoms with Gasteiger partial charge in [0, 0.05) is 17.5 Å². The van der Waals surface area contributed by atoms with Crippen LogP contribution < -0.4 is 14.4 Å². The Morgan fingerprint density at radius 3 is 2.47 bits per heavy atom. The number of rotatable bonds is 4. The normalized spacial score (nSPS) is 26.8. The van der Waals surface area contributed by atoms with Crippen LogP contribution in [-0.2, 0) is 20.5 Å². The monoisotopic (exact) mass is 504 g/mol. The summed E-state index contributed by atoms with van der Waals surface area (Å²) >= 11 is 0. The number of hydrogen-bond donors (Lipinski definition) is 0. The standard InChI is InChI=1S/C25H23F3N2O6/c1-4-35-21(31)19-17-12-36-18-11-15(34-3)9-10-16(18)20(17)30-23(33)29(22(32)24(19,30)2)14-7-5-13(6-8-14)25(26,27)28/h5-11,17,19-20H,4,12H2,1-3H3/t17-,19+,20-,24-/m1/s1. The van der Waals surface area contributed by atoms with Gasteiger partial charge in [-0.25, -0.2) is 9.69 Å². The van der Waals surface area contributed by atoms with Crippen LogP contribution >= 0.6 is 0 Å². The zero-order valence-electron chi connectivity index (χ0n) is 19.7. The number of alkyl halides is 3. The second-order valence-corrected chi connectivity index (χ2v) is 9.04. The molecule has 8 nitrogen and oxygen atoms in total. The zero-order chi connectivity index (χ0) is 26.0. The molecule has 2 aromatic rings. The fourth-order valence-electron chi connectivity index (χ4n) is 5.62. The molecule has 0 aromatic heterocycles. The van der Waals surface area contributed by atoms with Crippen molar-refractivity contribution in [2.24, 2.45) is 11.8 Å². The Labute approximate surface area is 204 Å². The third kappa shape index (κ3) is 3.25.